The van der Waals surface area contributed by atoms with Crippen LogP contribution in [-0.4, -0.2) is 40.2 Å². The van der Waals surface area contributed by atoms with Gasteiger partial charge >= 0.3 is 12.2 Å². The quantitative estimate of drug-likeness (QED) is 0.774. The maximum Gasteiger partial charge on any atom is 0.417 e. The predicted molar refractivity (Wildman–Crippen MR) is 77.1 cm³/mol. The van der Waals surface area contributed by atoms with Gasteiger partial charge in [0.2, 0.25) is 0 Å². The summed E-state index contributed by atoms with van der Waals surface area (Å²) in [6.45, 7) is 2.43. The van der Waals surface area contributed by atoms with E-state index in [-0.39, 0.29) is 5.92 Å². The molecule has 0 radical (unpaired) electrons. The van der Waals surface area contributed by atoms with Crippen molar-refractivity contribution in [1.82, 2.24) is 9.88 Å². The summed E-state index contributed by atoms with van der Waals surface area (Å²) in [6.07, 6.45) is -3.31. The average Bonchev–Trinajstić information content (AvgIpc) is 2.48. The van der Waals surface area contributed by atoms with Gasteiger partial charge < -0.3 is 20.3 Å². The number of piperidine rings is 1. The Morgan fingerprint density at radius 1 is 1.43 bits per heavy atom. The number of halogens is 3. The van der Waals surface area contributed by atoms with Crippen molar-refractivity contribution in [3.63, 3.8) is 0 Å². The standard InChI is InChI=1S/C14H18F3N3O3/c1-8(21)9-2-4-20(5-3-9)13(23)19-11-6-10(14(15,16)17)7-18-12(11)22/h6-9,21H,2-5H2,1H3,(H,18,22)(H,19,23). The van der Waals surface area contributed by atoms with Crippen LogP contribution in [0.3, 0.4) is 0 Å². The van der Waals surface area contributed by atoms with E-state index in [1.165, 1.54) is 4.90 Å². The molecule has 2 amide bonds. The van der Waals surface area contributed by atoms with Crippen molar-refractivity contribution in [3.05, 3.63) is 28.2 Å². The molecule has 128 valence electrons. The number of amides is 2. The Labute approximate surface area is 130 Å². The first kappa shape index (κ1) is 17.3. The van der Waals surface area contributed by atoms with Crippen molar-refractivity contribution in [3.8, 4) is 0 Å². The lowest BCUT2D eigenvalue weighted by Crippen LogP contribution is -2.43. The molecule has 1 aromatic rings. The predicted octanol–water partition coefficient (Wildman–Crippen LogP) is 2.02. The molecule has 1 unspecified atom stereocenters. The van der Waals surface area contributed by atoms with Crippen molar-refractivity contribution in [2.75, 3.05) is 18.4 Å². The van der Waals surface area contributed by atoms with Crippen LogP contribution in [0.1, 0.15) is 25.3 Å². The summed E-state index contributed by atoms with van der Waals surface area (Å²) >= 11 is 0. The monoisotopic (exact) mass is 333 g/mol. The summed E-state index contributed by atoms with van der Waals surface area (Å²) in [5.41, 5.74) is -2.28. The Morgan fingerprint density at radius 3 is 2.57 bits per heavy atom. The van der Waals surface area contributed by atoms with Crippen molar-refractivity contribution in [1.29, 1.82) is 0 Å². The van der Waals surface area contributed by atoms with Crippen LogP contribution in [0.15, 0.2) is 17.1 Å². The van der Waals surface area contributed by atoms with Gasteiger partial charge in [-0.25, -0.2) is 4.79 Å². The number of nitrogens with one attached hydrogen (secondary N) is 2. The lowest BCUT2D eigenvalue weighted by molar-refractivity contribution is -0.137. The molecule has 1 aliphatic rings. The van der Waals surface area contributed by atoms with Crippen molar-refractivity contribution >= 4 is 11.7 Å². The van der Waals surface area contributed by atoms with E-state index >= 15 is 0 Å². The topological polar surface area (TPSA) is 85.4 Å². The number of aromatic amines is 1. The molecule has 3 N–H and O–H groups in total. The second-order valence-corrected chi connectivity index (χ2v) is 5.62. The van der Waals surface area contributed by atoms with Crippen LogP contribution in [0.2, 0.25) is 0 Å². The van der Waals surface area contributed by atoms with Gasteiger partial charge in [-0.2, -0.15) is 13.2 Å². The first-order valence-electron chi connectivity index (χ1n) is 7.22. The van der Waals surface area contributed by atoms with E-state index < -0.39 is 35.1 Å². The number of anilines is 1. The zero-order chi connectivity index (χ0) is 17.2. The SMILES string of the molecule is CC(O)C1CCN(C(=O)Nc2cc(C(F)(F)F)c[nH]c2=O)CC1. The molecule has 0 saturated carbocycles. The zero-order valence-electron chi connectivity index (χ0n) is 12.5. The molecule has 2 rings (SSSR count). The van der Waals surface area contributed by atoms with Gasteiger partial charge in [-0.3, -0.25) is 4.79 Å². The molecule has 0 aliphatic carbocycles. The number of urea groups is 1. The number of likely N-dealkylation sites (tertiary alicyclic amines) is 1. The number of alkyl halides is 3. The van der Waals surface area contributed by atoms with Crippen LogP contribution in [0.4, 0.5) is 23.7 Å². The number of pyridine rings is 1. The molecule has 9 heteroatoms. The maximum atomic E-state index is 12.6. The lowest BCUT2D eigenvalue weighted by atomic mass is 9.92. The minimum absolute atomic E-state index is 0.0935. The van der Waals surface area contributed by atoms with E-state index in [0.717, 1.165) is 0 Å². The molecule has 23 heavy (non-hydrogen) atoms. The second-order valence-electron chi connectivity index (χ2n) is 5.62. The fourth-order valence-corrected chi connectivity index (χ4v) is 2.52. The van der Waals surface area contributed by atoms with Crippen LogP contribution in [-0.2, 0) is 6.18 Å². The number of carbonyl (C=O) groups is 1. The highest BCUT2D eigenvalue weighted by molar-refractivity contribution is 5.89. The number of aliphatic hydroxyl groups is 1. The van der Waals surface area contributed by atoms with Gasteiger partial charge in [0.05, 0.1) is 11.7 Å². The molecule has 0 aromatic carbocycles. The number of hydrogen-bond donors (Lipinski definition) is 3. The van der Waals surface area contributed by atoms with Crippen LogP contribution < -0.4 is 10.9 Å². The summed E-state index contributed by atoms with van der Waals surface area (Å²) in [7, 11) is 0. The molecule has 1 atom stereocenters. The second kappa shape index (κ2) is 6.61. The first-order chi connectivity index (χ1) is 10.7. The van der Waals surface area contributed by atoms with E-state index in [2.05, 4.69) is 5.32 Å². The van der Waals surface area contributed by atoms with Crippen molar-refractivity contribution in [2.45, 2.75) is 32.0 Å². The summed E-state index contributed by atoms with van der Waals surface area (Å²) in [6, 6.07) is -0.0157. The van der Waals surface area contributed by atoms with E-state index in [9.17, 15) is 27.9 Å². The Morgan fingerprint density at radius 2 is 2.04 bits per heavy atom. The Hall–Kier alpha value is -2.03. The van der Waals surface area contributed by atoms with Crippen molar-refractivity contribution in [2.24, 2.45) is 5.92 Å². The van der Waals surface area contributed by atoms with E-state index in [0.29, 0.717) is 38.2 Å². The zero-order valence-corrected chi connectivity index (χ0v) is 12.5. The third-order valence-electron chi connectivity index (χ3n) is 3.98. The minimum atomic E-state index is -4.61. The van der Waals surface area contributed by atoms with Gasteiger partial charge in [-0.1, -0.05) is 0 Å². The molecular weight excluding hydrogens is 315 g/mol. The van der Waals surface area contributed by atoms with Crippen LogP contribution in [0, 0.1) is 5.92 Å². The fraction of sp³-hybridized carbons (Fsp3) is 0.571. The highest BCUT2D eigenvalue weighted by Crippen LogP contribution is 2.29. The molecular formula is C14H18F3N3O3. The largest absolute Gasteiger partial charge is 0.417 e. The fourth-order valence-electron chi connectivity index (χ4n) is 2.52. The van der Waals surface area contributed by atoms with Crippen LogP contribution >= 0.6 is 0 Å². The molecule has 1 fully saturated rings. The third-order valence-corrected chi connectivity index (χ3v) is 3.98. The number of H-pyrrole nitrogens is 1. The van der Waals surface area contributed by atoms with E-state index in [1.807, 2.05) is 4.98 Å². The van der Waals surface area contributed by atoms with Crippen LogP contribution in [0.5, 0.6) is 0 Å². The number of hydrogen-bond acceptors (Lipinski definition) is 3. The highest BCUT2D eigenvalue weighted by Gasteiger charge is 2.32. The number of aliphatic hydroxyl groups excluding tert-OH is 1. The molecule has 0 spiro atoms. The van der Waals surface area contributed by atoms with Gasteiger partial charge in [0.15, 0.2) is 0 Å². The number of nitrogens with zero attached hydrogens (tertiary/aromatic N) is 1. The number of carbonyl (C=O) groups excluding carboxylic acids is 1. The number of aromatic nitrogens is 1. The molecule has 6 nitrogen and oxygen atoms in total. The third kappa shape index (κ3) is 4.25. The summed E-state index contributed by atoms with van der Waals surface area (Å²) < 4.78 is 37.9. The molecule has 0 bridgehead atoms. The van der Waals surface area contributed by atoms with Crippen molar-refractivity contribution < 1.29 is 23.1 Å². The summed E-state index contributed by atoms with van der Waals surface area (Å²) in [5, 5.41) is 11.7. The van der Waals surface area contributed by atoms with Crippen LogP contribution in [0.25, 0.3) is 0 Å². The lowest BCUT2D eigenvalue weighted by Gasteiger charge is -2.33. The van der Waals surface area contributed by atoms with Gasteiger partial charge in [0.25, 0.3) is 5.56 Å². The normalized spacial score (nSPS) is 17.9. The van der Waals surface area contributed by atoms with E-state index in [4.69, 9.17) is 0 Å². The Kier molecular flexibility index (Phi) is 4.98. The van der Waals surface area contributed by atoms with Gasteiger partial charge in [-0.15, -0.1) is 0 Å². The summed E-state index contributed by atoms with van der Waals surface area (Å²) in [5.74, 6) is 0.0935. The van der Waals surface area contributed by atoms with Gasteiger partial charge in [-0.05, 0) is 31.7 Å². The number of rotatable bonds is 2. The van der Waals surface area contributed by atoms with Gasteiger partial charge in [0, 0.05) is 19.3 Å². The maximum absolute atomic E-state index is 12.6. The molecule has 1 saturated heterocycles. The molecule has 1 aromatic heterocycles. The highest BCUT2D eigenvalue weighted by atomic mass is 19.4. The summed E-state index contributed by atoms with van der Waals surface area (Å²) in [4.78, 5) is 27.0. The Balaban J connectivity index is 2.05. The minimum Gasteiger partial charge on any atom is -0.393 e. The van der Waals surface area contributed by atoms with E-state index in [1.54, 1.807) is 6.92 Å². The average molecular weight is 333 g/mol. The Bertz CT molecular complexity index is 620. The van der Waals surface area contributed by atoms with Gasteiger partial charge in [0.1, 0.15) is 5.69 Å². The molecule has 2 heterocycles. The smallest absolute Gasteiger partial charge is 0.393 e. The first-order valence-corrected chi connectivity index (χ1v) is 7.22. The molecule has 1 aliphatic heterocycles.